The number of ether oxygens (including phenoxy) is 3. The Bertz CT molecular complexity index is 826. The zero-order valence-electron chi connectivity index (χ0n) is 13.2. The summed E-state index contributed by atoms with van der Waals surface area (Å²) in [7, 11) is 1.56. The van der Waals surface area contributed by atoms with Gasteiger partial charge in [0.2, 0.25) is 6.10 Å². The Kier molecular flexibility index (Phi) is 5.60. The smallest absolute Gasteiger partial charge is 0.284 e. The van der Waals surface area contributed by atoms with Gasteiger partial charge in [-0.2, -0.15) is 5.10 Å². The van der Waals surface area contributed by atoms with Gasteiger partial charge in [-0.1, -0.05) is 28.1 Å². The van der Waals surface area contributed by atoms with E-state index >= 15 is 0 Å². The van der Waals surface area contributed by atoms with Crippen LogP contribution in [0.15, 0.2) is 50.4 Å². The lowest BCUT2D eigenvalue weighted by molar-refractivity contribution is -0.130. The average molecular weight is 470 g/mol. The van der Waals surface area contributed by atoms with Gasteiger partial charge in [0.1, 0.15) is 12.4 Å². The molecule has 0 aromatic heterocycles. The lowest BCUT2D eigenvalue weighted by Gasteiger charge is -2.24. The molecule has 0 fully saturated rings. The number of para-hydroxylation sites is 2. The summed E-state index contributed by atoms with van der Waals surface area (Å²) in [6.07, 6.45) is 0.743. The molecule has 25 heavy (non-hydrogen) atoms. The second kappa shape index (κ2) is 7.88. The van der Waals surface area contributed by atoms with Gasteiger partial charge in [-0.3, -0.25) is 4.79 Å². The molecule has 3 rings (SSSR count). The third-order valence-electron chi connectivity index (χ3n) is 3.42. The number of fused-ring (bicyclic) bond motifs is 1. The molecule has 1 amide bonds. The van der Waals surface area contributed by atoms with Crippen LogP contribution in [0.25, 0.3) is 0 Å². The molecule has 2 aromatic rings. The highest BCUT2D eigenvalue weighted by molar-refractivity contribution is 9.11. The van der Waals surface area contributed by atoms with Crippen LogP contribution in [0.3, 0.4) is 0 Å². The number of nitrogens with zero attached hydrogens (tertiary/aromatic N) is 1. The molecule has 0 aliphatic carbocycles. The minimum atomic E-state index is -0.761. The van der Waals surface area contributed by atoms with Crippen LogP contribution in [-0.2, 0) is 4.79 Å². The van der Waals surface area contributed by atoms with E-state index in [1.165, 1.54) is 6.21 Å². The Morgan fingerprint density at radius 1 is 1.32 bits per heavy atom. The molecule has 130 valence electrons. The van der Waals surface area contributed by atoms with Crippen molar-refractivity contribution in [1.82, 2.24) is 5.43 Å². The minimum absolute atomic E-state index is 0.129. The monoisotopic (exact) mass is 468 g/mol. The largest absolute Gasteiger partial charge is 0.495 e. The molecule has 0 saturated carbocycles. The number of rotatable bonds is 4. The predicted molar refractivity (Wildman–Crippen MR) is 100 cm³/mol. The van der Waals surface area contributed by atoms with Crippen LogP contribution in [0.5, 0.6) is 17.2 Å². The van der Waals surface area contributed by atoms with Crippen molar-refractivity contribution in [2.75, 3.05) is 13.7 Å². The summed E-state index contributed by atoms with van der Waals surface area (Å²) in [6.45, 7) is 0.129. The molecule has 1 atom stereocenters. The average Bonchev–Trinajstić information content (AvgIpc) is 2.61. The summed E-state index contributed by atoms with van der Waals surface area (Å²) < 4.78 is 18.1. The Morgan fingerprint density at radius 3 is 2.84 bits per heavy atom. The minimum Gasteiger partial charge on any atom is -0.495 e. The van der Waals surface area contributed by atoms with Gasteiger partial charge >= 0.3 is 0 Å². The molecule has 0 bridgehead atoms. The number of nitrogens with one attached hydrogen (secondary N) is 1. The van der Waals surface area contributed by atoms with Gasteiger partial charge in [-0.25, -0.2) is 5.43 Å². The van der Waals surface area contributed by atoms with Gasteiger partial charge < -0.3 is 14.2 Å². The van der Waals surface area contributed by atoms with Crippen LogP contribution in [0.2, 0.25) is 0 Å². The van der Waals surface area contributed by atoms with Crippen molar-refractivity contribution in [2.45, 2.75) is 6.10 Å². The number of carbonyl (C=O) groups excluding carboxylic acids is 1. The standard InChI is InChI=1S/C17H14Br2N2O4/c1-23-16-10(6-11(18)7-12(16)19)8-20-21-17(22)15-9-24-13-4-2-3-5-14(13)25-15/h2-8,15H,9H2,1H3,(H,21,22)/b20-8+. The van der Waals surface area contributed by atoms with Crippen molar-refractivity contribution in [3.05, 3.63) is 50.9 Å². The molecule has 1 aliphatic heterocycles. The number of hydrogen-bond acceptors (Lipinski definition) is 5. The summed E-state index contributed by atoms with van der Waals surface area (Å²) in [4.78, 5) is 12.2. The fourth-order valence-corrected chi connectivity index (χ4v) is 3.70. The highest BCUT2D eigenvalue weighted by Gasteiger charge is 2.27. The molecule has 1 N–H and O–H groups in total. The zero-order chi connectivity index (χ0) is 17.8. The molecule has 0 saturated heterocycles. The van der Waals surface area contributed by atoms with Crippen LogP contribution >= 0.6 is 31.9 Å². The van der Waals surface area contributed by atoms with Crippen LogP contribution in [-0.4, -0.2) is 31.9 Å². The van der Waals surface area contributed by atoms with Crippen molar-refractivity contribution in [2.24, 2.45) is 5.10 Å². The van der Waals surface area contributed by atoms with E-state index in [2.05, 4.69) is 42.4 Å². The first-order chi connectivity index (χ1) is 12.1. The third kappa shape index (κ3) is 4.13. The SMILES string of the molecule is COc1c(Br)cc(Br)cc1/C=N/NC(=O)C1COc2ccccc2O1. The Morgan fingerprint density at radius 2 is 2.08 bits per heavy atom. The summed E-state index contributed by atoms with van der Waals surface area (Å²) in [5.41, 5.74) is 3.17. The molecule has 1 aliphatic rings. The van der Waals surface area contributed by atoms with Crippen molar-refractivity contribution in [3.8, 4) is 17.2 Å². The second-order valence-electron chi connectivity index (χ2n) is 5.11. The number of hydrazone groups is 1. The maximum absolute atomic E-state index is 12.2. The highest BCUT2D eigenvalue weighted by Crippen LogP contribution is 2.32. The van der Waals surface area contributed by atoms with E-state index in [4.69, 9.17) is 14.2 Å². The molecule has 0 radical (unpaired) electrons. The van der Waals surface area contributed by atoms with Crippen LogP contribution in [0, 0.1) is 0 Å². The van der Waals surface area contributed by atoms with Gasteiger partial charge in [0, 0.05) is 10.0 Å². The van der Waals surface area contributed by atoms with E-state index < -0.39 is 12.0 Å². The number of hydrogen-bond donors (Lipinski definition) is 1. The van der Waals surface area contributed by atoms with E-state index in [-0.39, 0.29) is 6.61 Å². The third-order valence-corrected chi connectivity index (χ3v) is 4.47. The molecule has 1 heterocycles. The van der Waals surface area contributed by atoms with E-state index in [0.29, 0.717) is 22.8 Å². The van der Waals surface area contributed by atoms with Crippen molar-refractivity contribution < 1.29 is 19.0 Å². The normalized spacial score (nSPS) is 15.9. The molecule has 8 heteroatoms. The number of carbonyl (C=O) groups is 1. The van der Waals surface area contributed by atoms with E-state index in [0.717, 1.165) is 8.95 Å². The van der Waals surface area contributed by atoms with Gasteiger partial charge in [-0.15, -0.1) is 0 Å². The van der Waals surface area contributed by atoms with Crippen molar-refractivity contribution in [1.29, 1.82) is 0 Å². The molecule has 1 unspecified atom stereocenters. The fourth-order valence-electron chi connectivity index (χ4n) is 2.28. The van der Waals surface area contributed by atoms with Crippen LogP contribution < -0.4 is 19.6 Å². The lowest BCUT2D eigenvalue weighted by atomic mass is 10.2. The Hall–Kier alpha value is -2.06. The fraction of sp³-hybridized carbons (Fsp3) is 0.176. The van der Waals surface area contributed by atoms with E-state index in [1.54, 1.807) is 19.2 Å². The quantitative estimate of drug-likeness (QED) is 0.549. The van der Waals surface area contributed by atoms with Crippen molar-refractivity contribution >= 4 is 44.0 Å². The van der Waals surface area contributed by atoms with Gasteiger partial charge in [0.05, 0.1) is 17.8 Å². The van der Waals surface area contributed by atoms with E-state index in [1.807, 2.05) is 24.3 Å². The zero-order valence-corrected chi connectivity index (χ0v) is 16.3. The highest BCUT2D eigenvalue weighted by atomic mass is 79.9. The molecule has 0 spiro atoms. The van der Waals surface area contributed by atoms with E-state index in [9.17, 15) is 4.79 Å². The topological polar surface area (TPSA) is 69.2 Å². The number of halogens is 2. The second-order valence-corrected chi connectivity index (χ2v) is 6.88. The van der Waals surface area contributed by atoms with Crippen LogP contribution in [0.1, 0.15) is 5.56 Å². The van der Waals surface area contributed by atoms with Crippen LogP contribution in [0.4, 0.5) is 0 Å². The number of amides is 1. The molecule has 6 nitrogen and oxygen atoms in total. The lowest BCUT2D eigenvalue weighted by Crippen LogP contribution is -2.42. The molecular formula is C17H14Br2N2O4. The Balaban J connectivity index is 1.66. The predicted octanol–water partition coefficient (Wildman–Crippen LogP) is 3.51. The maximum Gasteiger partial charge on any atom is 0.284 e. The molecular weight excluding hydrogens is 456 g/mol. The number of benzene rings is 2. The summed E-state index contributed by atoms with van der Waals surface area (Å²) in [6, 6.07) is 10.9. The first-order valence-electron chi connectivity index (χ1n) is 7.33. The first-order valence-corrected chi connectivity index (χ1v) is 8.91. The summed E-state index contributed by atoms with van der Waals surface area (Å²) in [5, 5.41) is 3.98. The number of methoxy groups -OCH3 is 1. The van der Waals surface area contributed by atoms with Gasteiger partial charge in [-0.05, 0) is 40.2 Å². The summed E-state index contributed by atoms with van der Waals surface area (Å²) >= 11 is 6.82. The Labute approximate surface area is 161 Å². The first kappa shape index (κ1) is 17.8. The summed E-state index contributed by atoms with van der Waals surface area (Å²) in [5.74, 6) is 1.39. The molecule has 2 aromatic carbocycles. The van der Waals surface area contributed by atoms with Gasteiger partial charge in [0.15, 0.2) is 11.5 Å². The van der Waals surface area contributed by atoms with Crippen molar-refractivity contribution in [3.63, 3.8) is 0 Å². The van der Waals surface area contributed by atoms with Gasteiger partial charge in [0.25, 0.3) is 5.91 Å². The maximum atomic E-state index is 12.2.